The van der Waals surface area contributed by atoms with Gasteiger partial charge < -0.3 is 4.43 Å². The molecule has 1 aromatic rings. The van der Waals surface area contributed by atoms with Crippen LogP contribution < -0.4 is 0 Å². The molecule has 0 spiro atoms. The number of benzene rings is 1. The zero-order chi connectivity index (χ0) is 11.4. The Hall–Kier alpha value is -0.253. The highest BCUT2D eigenvalue weighted by atomic mass is 32.1. The standard InChI is InChI=1S/C13H20OSSi/c1-2-11-6-5-7-12(13(11)15)10-16-9-4-3-8-14-16/h5-7,15-16H,2-4,8-10H2,1H3. The molecule has 1 nitrogen and oxygen atoms in total. The number of hydrogen-bond donors (Lipinski definition) is 1. The summed E-state index contributed by atoms with van der Waals surface area (Å²) >= 11 is 4.66. The molecule has 1 fully saturated rings. The van der Waals surface area contributed by atoms with Gasteiger partial charge in [-0.05, 0) is 36.1 Å². The lowest BCUT2D eigenvalue weighted by Crippen LogP contribution is -2.26. The molecular weight excluding hydrogens is 232 g/mol. The van der Waals surface area contributed by atoms with Crippen LogP contribution in [0, 0.1) is 0 Å². The first-order valence-electron chi connectivity index (χ1n) is 6.22. The van der Waals surface area contributed by atoms with E-state index in [1.54, 1.807) is 0 Å². The van der Waals surface area contributed by atoms with E-state index in [9.17, 15) is 0 Å². The quantitative estimate of drug-likeness (QED) is 0.642. The maximum Gasteiger partial charge on any atom is 0.181 e. The van der Waals surface area contributed by atoms with Crippen molar-refractivity contribution >= 4 is 21.7 Å². The first-order chi connectivity index (χ1) is 7.81. The fourth-order valence-corrected chi connectivity index (χ4v) is 5.44. The Morgan fingerprint density at radius 2 is 2.12 bits per heavy atom. The van der Waals surface area contributed by atoms with Crippen LogP contribution >= 0.6 is 12.6 Å². The van der Waals surface area contributed by atoms with Crippen LogP contribution in [0.4, 0.5) is 0 Å². The second kappa shape index (κ2) is 5.89. The Bertz CT molecular complexity index is 348. The zero-order valence-electron chi connectivity index (χ0n) is 9.91. The Morgan fingerprint density at radius 3 is 2.81 bits per heavy atom. The van der Waals surface area contributed by atoms with Gasteiger partial charge in [-0.25, -0.2) is 0 Å². The van der Waals surface area contributed by atoms with Crippen molar-refractivity contribution in [2.24, 2.45) is 0 Å². The van der Waals surface area contributed by atoms with Crippen LogP contribution in [0.3, 0.4) is 0 Å². The summed E-state index contributed by atoms with van der Waals surface area (Å²) in [5.74, 6) is 0. The molecule has 0 aliphatic carbocycles. The first-order valence-corrected chi connectivity index (χ1v) is 8.77. The van der Waals surface area contributed by atoms with E-state index in [-0.39, 0.29) is 0 Å². The van der Waals surface area contributed by atoms with Crippen LogP contribution in [0.1, 0.15) is 30.9 Å². The third-order valence-corrected chi connectivity index (χ3v) is 6.53. The van der Waals surface area contributed by atoms with Crippen LogP contribution in [0.15, 0.2) is 23.1 Å². The molecule has 16 heavy (non-hydrogen) atoms. The van der Waals surface area contributed by atoms with Crippen LogP contribution in [0.5, 0.6) is 0 Å². The van der Waals surface area contributed by atoms with Gasteiger partial charge in [-0.15, -0.1) is 12.6 Å². The Balaban J connectivity index is 2.08. The predicted octanol–water partition coefficient (Wildman–Crippen LogP) is 3.15. The molecule has 1 aliphatic heterocycles. The highest BCUT2D eigenvalue weighted by Crippen LogP contribution is 2.23. The molecule has 2 rings (SSSR count). The minimum Gasteiger partial charge on any atom is -0.420 e. The van der Waals surface area contributed by atoms with Gasteiger partial charge in [-0.2, -0.15) is 0 Å². The highest BCUT2D eigenvalue weighted by molar-refractivity contribution is 7.80. The van der Waals surface area contributed by atoms with Crippen molar-refractivity contribution in [3.8, 4) is 0 Å². The van der Waals surface area contributed by atoms with Gasteiger partial charge in [0, 0.05) is 11.5 Å². The van der Waals surface area contributed by atoms with Crippen molar-refractivity contribution < 1.29 is 4.43 Å². The molecule has 0 saturated carbocycles. The molecule has 0 aromatic heterocycles. The van der Waals surface area contributed by atoms with Gasteiger partial charge in [-0.1, -0.05) is 31.5 Å². The minimum atomic E-state index is -0.961. The maximum absolute atomic E-state index is 5.92. The van der Waals surface area contributed by atoms with E-state index in [4.69, 9.17) is 4.43 Å². The number of hydrogen-bond acceptors (Lipinski definition) is 2. The molecule has 1 aliphatic rings. The fourth-order valence-electron chi connectivity index (χ4n) is 2.31. The van der Waals surface area contributed by atoms with Gasteiger partial charge in [-0.3, -0.25) is 0 Å². The molecule has 1 saturated heterocycles. The summed E-state index contributed by atoms with van der Waals surface area (Å²) in [6, 6.07) is 9.04. The molecular formula is C13H20OSSi. The molecule has 88 valence electrons. The zero-order valence-corrected chi connectivity index (χ0v) is 12.0. The number of aryl methyl sites for hydroxylation is 1. The molecule has 1 aromatic carbocycles. The molecule has 0 radical (unpaired) electrons. The molecule has 1 heterocycles. The van der Waals surface area contributed by atoms with Gasteiger partial charge in [0.1, 0.15) is 0 Å². The van der Waals surface area contributed by atoms with Crippen LogP contribution in [-0.4, -0.2) is 15.6 Å². The topological polar surface area (TPSA) is 9.23 Å². The van der Waals surface area contributed by atoms with Crippen molar-refractivity contribution in [3.63, 3.8) is 0 Å². The summed E-state index contributed by atoms with van der Waals surface area (Å²) in [6.07, 6.45) is 3.69. The fraction of sp³-hybridized carbons (Fsp3) is 0.538. The second-order valence-corrected chi connectivity index (χ2v) is 7.48. The van der Waals surface area contributed by atoms with E-state index < -0.39 is 9.04 Å². The van der Waals surface area contributed by atoms with Crippen LogP contribution in [0.25, 0.3) is 0 Å². The summed E-state index contributed by atoms with van der Waals surface area (Å²) in [5.41, 5.74) is 2.77. The molecule has 0 bridgehead atoms. The second-order valence-electron chi connectivity index (χ2n) is 4.47. The van der Waals surface area contributed by atoms with Crippen molar-refractivity contribution in [3.05, 3.63) is 29.3 Å². The van der Waals surface area contributed by atoms with Crippen LogP contribution in [0.2, 0.25) is 6.04 Å². The SMILES string of the molecule is CCc1cccc(C[SiH]2CCCCO2)c1S. The predicted molar refractivity (Wildman–Crippen MR) is 73.9 cm³/mol. The number of rotatable bonds is 3. The average molecular weight is 252 g/mol. The van der Waals surface area contributed by atoms with Crippen molar-refractivity contribution in [2.75, 3.05) is 6.61 Å². The van der Waals surface area contributed by atoms with E-state index in [1.807, 2.05) is 0 Å². The Kier molecular flexibility index (Phi) is 4.50. The van der Waals surface area contributed by atoms with Gasteiger partial charge in [0.05, 0.1) is 0 Å². The third-order valence-electron chi connectivity index (χ3n) is 3.31. The van der Waals surface area contributed by atoms with E-state index in [0.29, 0.717) is 0 Å². The van der Waals surface area contributed by atoms with E-state index >= 15 is 0 Å². The van der Waals surface area contributed by atoms with Gasteiger partial charge in [0.2, 0.25) is 0 Å². The lowest BCUT2D eigenvalue weighted by Gasteiger charge is -2.22. The normalized spacial score (nSPS) is 21.0. The van der Waals surface area contributed by atoms with E-state index in [1.165, 1.54) is 34.9 Å². The third kappa shape index (κ3) is 2.90. The first kappa shape index (κ1) is 12.2. The summed E-state index contributed by atoms with van der Waals surface area (Å²) in [7, 11) is -0.961. The van der Waals surface area contributed by atoms with Crippen molar-refractivity contribution in [1.82, 2.24) is 0 Å². The largest absolute Gasteiger partial charge is 0.420 e. The highest BCUT2D eigenvalue weighted by Gasteiger charge is 2.18. The average Bonchev–Trinajstić information content (AvgIpc) is 2.33. The molecule has 3 heteroatoms. The van der Waals surface area contributed by atoms with Crippen molar-refractivity contribution in [1.29, 1.82) is 0 Å². The summed E-state index contributed by atoms with van der Waals surface area (Å²) in [6.45, 7) is 3.18. The van der Waals surface area contributed by atoms with Gasteiger partial charge >= 0.3 is 0 Å². The lowest BCUT2D eigenvalue weighted by atomic mass is 10.1. The minimum absolute atomic E-state index is 0.961. The molecule has 0 amide bonds. The molecule has 1 unspecified atom stereocenters. The number of thiol groups is 1. The van der Waals surface area contributed by atoms with Crippen LogP contribution in [-0.2, 0) is 16.9 Å². The summed E-state index contributed by atoms with van der Waals surface area (Å²) in [4.78, 5) is 1.20. The monoisotopic (exact) mass is 252 g/mol. The summed E-state index contributed by atoms with van der Waals surface area (Å²) in [5, 5.41) is 0. The Morgan fingerprint density at radius 1 is 1.31 bits per heavy atom. The summed E-state index contributed by atoms with van der Waals surface area (Å²) < 4.78 is 5.92. The maximum atomic E-state index is 5.92. The lowest BCUT2D eigenvalue weighted by molar-refractivity contribution is 0.286. The molecule has 1 atom stereocenters. The van der Waals surface area contributed by atoms with Crippen molar-refractivity contribution in [2.45, 2.75) is 43.2 Å². The molecule has 0 N–H and O–H groups in total. The Labute approximate surface area is 105 Å². The van der Waals surface area contributed by atoms with E-state index in [2.05, 4.69) is 37.8 Å². The van der Waals surface area contributed by atoms with Gasteiger partial charge in [0.15, 0.2) is 9.04 Å². The smallest absolute Gasteiger partial charge is 0.181 e. The van der Waals surface area contributed by atoms with Gasteiger partial charge in [0.25, 0.3) is 0 Å². The van der Waals surface area contributed by atoms with E-state index in [0.717, 1.165) is 19.1 Å².